The Morgan fingerprint density at radius 1 is 1.10 bits per heavy atom. The molecule has 2 aromatic rings. The van der Waals surface area contributed by atoms with Crippen molar-refractivity contribution in [3.63, 3.8) is 0 Å². The molecule has 0 saturated heterocycles. The number of hydrogen-bond acceptors (Lipinski definition) is 4. The van der Waals surface area contributed by atoms with E-state index < -0.39 is 0 Å². The quantitative estimate of drug-likeness (QED) is 0.830. The summed E-state index contributed by atoms with van der Waals surface area (Å²) in [4.78, 5) is 4.39. The molecule has 0 amide bonds. The van der Waals surface area contributed by atoms with Gasteiger partial charge in [0.1, 0.15) is 5.75 Å². The molecule has 0 bridgehead atoms. The number of hydrogen-bond donors (Lipinski definition) is 1. The number of benzene rings is 2. The first-order valence-electron chi connectivity index (χ1n) is 6.72. The van der Waals surface area contributed by atoms with E-state index in [0.717, 1.165) is 17.7 Å². The Morgan fingerprint density at radius 3 is 2.71 bits per heavy atom. The molecule has 0 aromatic heterocycles. The zero-order valence-corrected chi connectivity index (χ0v) is 12.2. The van der Waals surface area contributed by atoms with Crippen LogP contribution in [0, 0.1) is 0 Å². The molecule has 4 nitrogen and oxygen atoms in total. The first-order chi connectivity index (χ1) is 10.2. The molecule has 2 aromatic carbocycles. The lowest BCUT2D eigenvalue weighted by molar-refractivity contribution is 0.373. The molecule has 0 aliphatic rings. The summed E-state index contributed by atoms with van der Waals surface area (Å²) in [5.74, 6) is 1.44. The summed E-state index contributed by atoms with van der Waals surface area (Å²) in [5.41, 5.74) is 2.09. The standard InChI is InChI=1S/C17H19NO3/c1-20-15-5-3-4-13(10-15)8-9-18-12-14-6-7-16(19)17(11-14)21-2/h3-7,10-12,19H,8-9H2,1-2H3. The van der Waals surface area contributed by atoms with Crippen LogP contribution in [0.4, 0.5) is 0 Å². The molecule has 0 heterocycles. The van der Waals surface area contributed by atoms with E-state index in [-0.39, 0.29) is 5.75 Å². The van der Waals surface area contributed by atoms with Crippen molar-refractivity contribution in [1.29, 1.82) is 0 Å². The SMILES string of the molecule is COc1cccc(CCN=Cc2ccc(O)c(OC)c2)c1. The minimum Gasteiger partial charge on any atom is -0.504 e. The smallest absolute Gasteiger partial charge is 0.161 e. The number of aliphatic imine (C=N–C) groups is 1. The summed E-state index contributed by atoms with van der Waals surface area (Å²) >= 11 is 0. The molecule has 0 spiro atoms. The molecule has 0 saturated carbocycles. The second-order valence-corrected chi connectivity index (χ2v) is 4.57. The van der Waals surface area contributed by atoms with E-state index >= 15 is 0 Å². The van der Waals surface area contributed by atoms with E-state index in [0.29, 0.717) is 12.3 Å². The number of aromatic hydroxyl groups is 1. The average Bonchev–Trinajstić information content (AvgIpc) is 2.53. The van der Waals surface area contributed by atoms with Crippen LogP contribution in [0.25, 0.3) is 0 Å². The fraction of sp³-hybridized carbons (Fsp3) is 0.235. The minimum absolute atomic E-state index is 0.131. The average molecular weight is 285 g/mol. The van der Waals surface area contributed by atoms with Crippen molar-refractivity contribution in [3.05, 3.63) is 53.6 Å². The van der Waals surface area contributed by atoms with Gasteiger partial charge in [-0.3, -0.25) is 4.99 Å². The zero-order chi connectivity index (χ0) is 15.1. The summed E-state index contributed by atoms with van der Waals surface area (Å²) in [7, 11) is 3.19. The van der Waals surface area contributed by atoms with Crippen LogP contribution in [0.2, 0.25) is 0 Å². The van der Waals surface area contributed by atoms with E-state index in [9.17, 15) is 5.11 Å². The number of phenols is 1. The summed E-state index contributed by atoms with van der Waals surface area (Å²) in [6, 6.07) is 13.1. The van der Waals surface area contributed by atoms with Crippen LogP contribution >= 0.6 is 0 Å². The Balaban J connectivity index is 1.93. The highest BCUT2D eigenvalue weighted by Crippen LogP contribution is 2.25. The third-order valence-corrected chi connectivity index (χ3v) is 3.11. The van der Waals surface area contributed by atoms with E-state index in [4.69, 9.17) is 9.47 Å². The van der Waals surface area contributed by atoms with Crippen molar-refractivity contribution in [2.45, 2.75) is 6.42 Å². The number of ether oxygens (including phenoxy) is 2. The van der Waals surface area contributed by atoms with Gasteiger partial charge in [-0.1, -0.05) is 12.1 Å². The van der Waals surface area contributed by atoms with Crippen LogP contribution in [0.3, 0.4) is 0 Å². The maximum Gasteiger partial charge on any atom is 0.161 e. The van der Waals surface area contributed by atoms with Crippen LogP contribution in [0.15, 0.2) is 47.5 Å². The van der Waals surface area contributed by atoms with Gasteiger partial charge in [0.2, 0.25) is 0 Å². The van der Waals surface area contributed by atoms with Crippen molar-refractivity contribution in [2.24, 2.45) is 4.99 Å². The van der Waals surface area contributed by atoms with Gasteiger partial charge in [0, 0.05) is 12.8 Å². The normalized spacial score (nSPS) is 10.8. The highest BCUT2D eigenvalue weighted by atomic mass is 16.5. The summed E-state index contributed by atoms with van der Waals surface area (Å²) in [6.07, 6.45) is 2.63. The monoisotopic (exact) mass is 285 g/mol. The zero-order valence-electron chi connectivity index (χ0n) is 12.2. The van der Waals surface area contributed by atoms with Gasteiger partial charge in [-0.15, -0.1) is 0 Å². The second-order valence-electron chi connectivity index (χ2n) is 4.57. The van der Waals surface area contributed by atoms with E-state index in [2.05, 4.69) is 11.1 Å². The summed E-state index contributed by atoms with van der Waals surface area (Å²) < 4.78 is 10.3. The van der Waals surface area contributed by atoms with Gasteiger partial charge in [0.05, 0.1) is 14.2 Å². The van der Waals surface area contributed by atoms with E-state index in [1.54, 1.807) is 31.5 Å². The molecule has 0 fully saturated rings. The molecule has 0 aliphatic carbocycles. The van der Waals surface area contributed by atoms with Crippen molar-refractivity contribution < 1.29 is 14.6 Å². The first kappa shape index (κ1) is 14.9. The van der Waals surface area contributed by atoms with Crippen molar-refractivity contribution in [2.75, 3.05) is 20.8 Å². The van der Waals surface area contributed by atoms with Gasteiger partial charge < -0.3 is 14.6 Å². The van der Waals surface area contributed by atoms with Crippen molar-refractivity contribution in [3.8, 4) is 17.2 Å². The molecule has 21 heavy (non-hydrogen) atoms. The van der Waals surface area contributed by atoms with Crippen LogP contribution in [-0.2, 0) is 6.42 Å². The Kier molecular flexibility index (Phi) is 5.21. The van der Waals surface area contributed by atoms with Gasteiger partial charge in [0.15, 0.2) is 11.5 Å². The van der Waals surface area contributed by atoms with Crippen LogP contribution in [0.5, 0.6) is 17.2 Å². The lowest BCUT2D eigenvalue weighted by Gasteiger charge is -2.04. The Morgan fingerprint density at radius 2 is 1.95 bits per heavy atom. The number of nitrogens with zero attached hydrogens (tertiary/aromatic N) is 1. The molecule has 4 heteroatoms. The molecule has 1 N–H and O–H groups in total. The van der Waals surface area contributed by atoms with Gasteiger partial charge >= 0.3 is 0 Å². The van der Waals surface area contributed by atoms with Crippen LogP contribution in [0.1, 0.15) is 11.1 Å². The predicted octanol–water partition coefficient (Wildman–Crippen LogP) is 3.07. The predicted molar refractivity (Wildman–Crippen MR) is 83.8 cm³/mol. The van der Waals surface area contributed by atoms with Gasteiger partial charge in [0.25, 0.3) is 0 Å². The number of rotatable bonds is 6. The van der Waals surface area contributed by atoms with Gasteiger partial charge in [-0.25, -0.2) is 0 Å². The summed E-state index contributed by atoms with van der Waals surface area (Å²) in [6.45, 7) is 0.691. The van der Waals surface area contributed by atoms with E-state index in [1.165, 1.54) is 12.7 Å². The first-order valence-corrected chi connectivity index (χ1v) is 6.72. The second kappa shape index (κ2) is 7.33. The Hall–Kier alpha value is -2.49. The fourth-order valence-corrected chi connectivity index (χ4v) is 1.97. The lowest BCUT2D eigenvalue weighted by Crippen LogP contribution is -1.92. The summed E-state index contributed by atoms with van der Waals surface area (Å²) in [5, 5.41) is 9.52. The maximum atomic E-state index is 9.52. The minimum atomic E-state index is 0.131. The maximum absolute atomic E-state index is 9.52. The Labute approximate surface area is 124 Å². The highest BCUT2D eigenvalue weighted by molar-refractivity contribution is 5.80. The molecule has 0 unspecified atom stereocenters. The third-order valence-electron chi connectivity index (χ3n) is 3.11. The third kappa shape index (κ3) is 4.24. The van der Waals surface area contributed by atoms with Crippen molar-refractivity contribution in [1.82, 2.24) is 0 Å². The molecule has 0 aliphatic heterocycles. The van der Waals surface area contributed by atoms with E-state index in [1.807, 2.05) is 18.2 Å². The van der Waals surface area contributed by atoms with Gasteiger partial charge in [-0.05, 0) is 47.9 Å². The number of methoxy groups -OCH3 is 2. The molecule has 0 atom stereocenters. The molecular weight excluding hydrogens is 266 g/mol. The van der Waals surface area contributed by atoms with Crippen molar-refractivity contribution >= 4 is 6.21 Å². The fourth-order valence-electron chi connectivity index (χ4n) is 1.97. The lowest BCUT2D eigenvalue weighted by atomic mass is 10.1. The largest absolute Gasteiger partial charge is 0.504 e. The number of phenolic OH excluding ortho intramolecular Hbond substituents is 1. The van der Waals surface area contributed by atoms with Crippen LogP contribution in [-0.4, -0.2) is 32.1 Å². The highest BCUT2D eigenvalue weighted by Gasteiger charge is 2.00. The van der Waals surface area contributed by atoms with Crippen LogP contribution < -0.4 is 9.47 Å². The molecular formula is C17H19NO3. The molecule has 0 radical (unpaired) electrons. The Bertz CT molecular complexity index is 623. The van der Waals surface area contributed by atoms with Gasteiger partial charge in [-0.2, -0.15) is 0 Å². The molecule has 110 valence electrons. The molecule has 2 rings (SSSR count). The topological polar surface area (TPSA) is 51.0 Å².